The van der Waals surface area contributed by atoms with Crippen LogP contribution >= 0.6 is 0 Å². The second-order valence-electron chi connectivity index (χ2n) is 13.1. The number of alkyl halides is 1. The third-order valence-electron chi connectivity index (χ3n) is 9.65. The number of pyridine rings is 1. The molecule has 0 radical (unpaired) electrons. The number of carbonyl (C=O) groups excluding carboxylic acids is 4. The Morgan fingerprint density at radius 2 is 1.74 bits per heavy atom. The van der Waals surface area contributed by atoms with Gasteiger partial charge in [0.1, 0.15) is 6.17 Å². The van der Waals surface area contributed by atoms with Crippen LogP contribution in [0.25, 0.3) is 22.2 Å². The summed E-state index contributed by atoms with van der Waals surface area (Å²) in [5.74, 6) is -4.65. The molecule has 1 unspecified atom stereocenters. The topological polar surface area (TPSA) is 162 Å². The van der Waals surface area contributed by atoms with Gasteiger partial charge >= 0.3 is 264 Å². The molecule has 3 amide bonds. The number of fused-ring (bicyclic) bond motifs is 2. The van der Waals surface area contributed by atoms with Crippen LogP contribution in [0.15, 0.2) is 73.1 Å². The standard InChI is InChI=1S/C37H29F3IN6O6S/c38-22-11-12-46(18-22)54(52,53)45-29-8-7-28(39)32(33(29)40)34(49)27-16-43-35-26(27)14-20(15-42-35)19-1-3-23(4-2-19)41-24-5-6-25-21(13-24)17-47(37(25)51)30-9-10-31(48)44-36(30)50/h1-8,13-16,22,30,45H,9-12,17-18H2,(H,42,43)(H,44,48,50)/q-1/t22-,30?/m1/s1. The van der Waals surface area contributed by atoms with Crippen LogP contribution in [0.2, 0.25) is 0 Å². The summed E-state index contributed by atoms with van der Waals surface area (Å²) in [6, 6.07) is 16.1. The number of aromatic nitrogens is 2. The van der Waals surface area contributed by atoms with Crippen LogP contribution in [0.5, 0.6) is 0 Å². The summed E-state index contributed by atoms with van der Waals surface area (Å²) in [6.07, 6.45) is 2.00. The maximum atomic E-state index is 15.7. The second-order valence-corrected chi connectivity index (χ2v) is 17.8. The van der Waals surface area contributed by atoms with Gasteiger partial charge in [-0.25, -0.2) is 4.39 Å². The third-order valence-corrected chi connectivity index (χ3v) is 13.8. The molecule has 3 aliphatic heterocycles. The van der Waals surface area contributed by atoms with Crippen LogP contribution in [-0.2, 0) is 26.3 Å². The monoisotopic (exact) mass is 869 g/mol. The number of halogens is 4. The van der Waals surface area contributed by atoms with Crippen molar-refractivity contribution in [2.75, 3.05) is 17.8 Å². The van der Waals surface area contributed by atoms with E-state index in [1.54, 1.807) is 18.3 Å². The Labute approximate surface area is 316 Å². The molecule has 0 bridgehead atoms. The number of imide groups is 1. The normalized spacial score (nSPS) is 19.1. The van der Waals surface area contributed by atoms with Gasteiger partial charge in [-0.3, -0.25) is 4.72 Å². The van der Waals surface area contributed by atoms with Crippen LogP contribution in [0.1, 0.15) is 51.1 Å². The molecule has 0 saturated carbocycles. The number of rotatable bonds is 9. The van der Waals surface area contributed by atoms with Crippen molar-refractivity contribution in [3.05, 3.63) is 114 Å². The summed E-state index contributed by atoms with van der Waals surface area (Å²) < 4.78 is 74.8. The zero-order valence-electron chi connectivity index (χ0n) is 28.0. The van der Waals surface area contributed by atoms with E-state index < -0.39 is 84.7 Å². The molecule has 2 aromatic heterocycles. The fourth-order valence-corrected chi connectivity index (χ4v) is 10.5. The van der Waals surface area contributed by atoms with Crippen molar-refractivity contribution >= 4 is 50.4 Å². The molecule has 278 valence electrons. The Hall–Kier alpha value is -5.14. The van der Waals surface area contributed by atoms with Crippen molar-refractivity contribution < 1.29 is 62.0 Å². The number of carbonyl (C=O) groups is 4. The zero-order chi connectivity index (χ0) is 37.9. The van der Waals surface area contributed by atoms with E-state index in [9.17, 15) is 32.0 Å². The Balaban J connectivity index is 0.995. The average molecular weight is 870 g/mol. The van der Waals surface area contributed by atoms with Crippen molar-refractivity contribution in [2.45, 2.75) is 38.0 Å². The van der Waals surface area contributed by atoms with Crippen molar-refractivity contribution in [3.8, 4) is 11.1 Å². The third kappa shape index (κ3) is 6.64. The van der Waals surface area contributed by atoms with E-state index in [2.05, 4.69) is 15.3 Å². The number of hydrogen-bond donors (Lipinski definition) is 3. The predicted octanol–water partition coefficient (Wildman–Crippen LogP) is 1.33. The number of aromatic amines is 1. The van der Waals surface area contributed by atoms with E-state index in [4.69, 9.17) is 0 Å². The quantitative estimate of drug-likeness (QED) is 0.115. The average Bonchev–Trinajstić information content (AvgIpc) is 3.87. The molecule has 3 aliphatic rings. The Morgan fingerprint density at radius 1 is 0.963 bits per heavy atom. The Kier molecular flexibility index (Phi) is 9.25. The first-order valence-corrected chi connectivity index (χ1v) is 20.4. The second kappa shape index (κ2) is 13.9. The van der Waals surface area contributed by atoms with Gasteiger partial charge in [0.05, 0.1) is 0 Å². The molecule has 2 fully saturated rings. The minimum absolute atomic E-state index is 0.00603. The molecule has 5 heterocycles. The van der Waals surface area contributed by atoms with Crippen LogP contribution in [0, 0.1) is 18.8 Å². The summed E-state index contributed by atoms with van der Waals surface area (Å²) in [5, 5.41) is 2.61. The molecule has 0 aliphatic carbocycles. The van der Waals surface area contributed by atoms with Gasteiger partial charge in [-0.2, -0.15) is 12.7 Å². The van der Waals surface area contributed by atoms with E-state index in [1.807, 2.05) is 41.1 Å². The van der Waals surface area contributed by atoms with Crippen LogP contribution in [0.4, 0.5) is 18.9 Å². The Morgan fingerprint density at radius 3 is 2.48 bits per heavy atom. The van der Waals surface area contributed by atoms with E-state index >= 15 is 8.78 Å². The van der Waals surface area contributed by atoms with Gasteiger partial charge < -0.3 is 0 Å². The Bertz CT molecular complexity index is 2510. The molecule has 2 saturated heterocycles. The first-order valence-electron chi connectivity index (χ1n) is 16.8. The number of nitrogens with zero attached hydrogens (tertiary/aromatic N) is 3. The molecule has 2 atom stereocenters. The van der Waals surface area contributed by atoms with Gasteiger partial charge in [-0.1, -0.05) is 0 Å². The van der Waals surface area contributed by atoms with E-state index in [1.165, 1.54) is 11.1 Å². The van der Waals surface area contributed by atoms with E-state index in [0.29, 0.717) is 35.1 Å². The number of amides is 3. The summed E-state index contributed by atoms with van der Waals surface area (Å²) >= 11 is -0.659. The molecular weight excluding hydrogens is 840 g/mol. The summed E-state index contributed by atoms with van der Waals surface area (Å²) in [6.45, 7) is -0.210. The van der Waals surface area contributed by atoms with Crippen molar-refractivity contribution in [3.63, 3.8) is 0 Å². The molecule has 17 heteroatoms. The molecule has 54 heavy (non-hydrogen) atoms. The summed E-state index contributed by atoms with van der Waals surface area (Å²) in [7, 11) is -4.36. The number of ketones is 1. The molecule has 3 N–H and O–H groups in total. The SMILES string of the molecule is O=C1CCC(N2Cc3cc([I-]c4ccc(-c5cnc6[nH]cc(C(=O)c7c(F)ccc(NS(=O)(=O)N8CC[C@@H](F)C8)c7F)c6c5)cc4)ccc3C2=O)C(=O)N1. The van der Waals surface area contributed by atoms with Crippen LogP contribution in [-0.4, -0.2) is 76.4 Å². The predicted molar refractivity (Wildman–Crippen MR) is 185 cm³/mol. The van der Waals surface area contributed by atoms with Crippen LogP contribution < -0.4 is 31.2 Å². The van der Waals surface area contributed by atoms with E-state index in [0.717, 1.165) is 34.7 Å². The van der Waals surface area contributed by atoms with Gasteiger partial charge in [0.2, 0.25) is 0 Å². The first kappa shape index (κ1) is 35.9. The first-order chi connectivity index (χ1) is 25.9. The maximum absolute atomic E-state index is 15.7. The molecule has 0 spiro atoms. The number of benzene rings is 3. The van der Waals surface area contributed by atoms with Gasteiger partial charge in [-0.05, 0) is 12.5 Å². The number of nitrogens with one attached hydrogen (secondary N) is 3. The minimum atomic E-state index is -4.36. The van der Waals surface area contributed by atoms with Crippen molar-refractivity contribution in [1.82, 2.24) is 24.5 Å². The molecular formula is C37H29F3IN6O6S-. The molecule has 5 aromatic rings. The fraction of sp³-hybridized carbons (Fsp3) is 0.216. The fourth-order valence-electron chi connectivity index (χ4n) is 6.87. The number of H-pyrrole nitrogens is 1. The van der Waals surface area contributed by atoms with Gasteiger partial charge in [0.15, 0.2) is 0 Å². The summed E-state index contributed by atoms with van der Waals surface area (Å²) in [5.41, 5.74) is 1.39. The molecule has 3 aromatic carbocycles. The molecule has 12 nitrogen and oxygen atoms in total. The summed E-state index contributed by atoms with van der Waals surface area (Å²) in [4.78, 5) is 59.5. The van der Waals surface area contributed by atoms with E-state index in [-0.39, 0.29) is 36.8 Å². The van der Waals surface area contributed by atoms with Crippen LogP contribution in [0.3, 0.4) is 0 Å². The number of hydrogen-bond acceptors (Lipinski definition) is 7. The zero-order valence-corrected chi connectivity index (χ0v) is 31.0. The van der Waals surface area contributed by atoms with Crippen molar-refractivity contribution in [1.29, 1.82) is 0 Å². The number of anilines is 1. The van der Waals surface area contributed by atoms with Crippen molar-refractivity contribution in [2.24, 2.45) is 0 Å². The molecule has 8 rings (SSSR count). The van der Waals surface area contributed by atoms with Gasteiger partial charge in [0.25, 0.3) is 0 Å². The van der Waals surface area contributed by atoms with Gasteiger partial charge in [-0.15, -0.1) is 0 Å². The van der Waals surface area contributed by atoms with Gasteiger partial charge in [0, 0.05) is 13.1 Å². The number of piperidine rings is 1.